The second-order valence-corrected chi connectivity index (χ2v) is 6.78. The zero-order valence-electron chi connectivity index (χ0n) is 14.0. The van der Waals surface area contributed by atoms with Crippen LogP contribution >= 0.6 is 0 Å². The van der Waals surface area contributed by atoms with Gasteiger partial charge in [-0.1, -0.05) is 51.1 Å². The highest BCUT2D eigenvalue weighted by molar-refractivity contribution is 5.78. The van der Waals surface area contributed by atoms with Crippen LogP contribution in [0, 0.1) is 17.8 Å². The molecule has 0 aliphatic heterocycles. The molecule has 0 bridgehead atoms. The first-order chi connectivity index (χ1) is 10.5. The molecule has 0 heterocycles. The molecule has 126 valence electrons. The number of carbonyl (C=O) groups is 1. The predicted molar refractivity (Wildman–Crippen MR) is 87.1 cm³/mol. The molecule has 1 rings (SSSR count). The van der Waals surface area contributed by atoms with Crippen LogP contribution in [0.3, 0.4) is 0 Å². The van der Waals surface area contributed by atoms with Crippen molar-refractivity contribution in [3.63, 3.8) is 0 Å². The number of hydrogen-bond donors (Lipinski definition) is 2. The summed E-state index contributed by atoms with van der Waals surface area (Å²) in [5, 5.41) is 17.0. The van der Waals surface area contributed by atoms with E-state index in [0.717, 1.165) is 19.3 Å². The van der Waals surface area contributed by atoms with Crippen LogP contribution in [0.4, 0.5) is 0 Å². The Morgan fingerprint density at radius 1 is 1.36 bits per heavy atom. The van der Waals surface area contributed by atoms with Gasteiger partial charge in [-0.15, -0.1) is 0 Å². The van der Waals surface area contributed by atoms with Crippen LogP contribution in [0.2, 0.25) is 0 Å². The topological polar surface area (TPSA) is 98.1 Å². The Morgan fingerprint density at radius 3 is 2.50 bits per heavy atom. The van der Waals surface area contributed by atoms with Crippen molar-refractivity contribution < 1.29 is 9.90 Å². The maximum absolute atomic E-state index is 11.9. The van der Waals surface area contributed by atoms with Crippen molar-refractivity contribution in [2.45, 2.75) is 70.9 Å². The maximum Gasteiger partial charge on any atom is 0.223 e. The first kappa shape index (κ1) is 18.8. The lowest BCUT2D eigenvalue weighted by Gasteiger charge is -2.29. The van der Waals surface area contributed by atoms with Crippen LogP contribution in [0.1, 0.15) is 58.8 Å². The number of nitrogens with one attached hydrogen (secondary N) is 1. The van der Waals surface area contributed by atoms with Gasteiger partial charge in [0.15, 0.2) is 0 Å². The average Bonchev–Trinajstić information content (AvgIpc) is 2.52. The van der Waals surface area contributed by atoms with Gasteiger partial charge in [-0.05, 0) is 30.2 Å². The molecule has 1 aliphatic rings. The lowest BCUT2D eigenvalue weighted by atomic mass is 9.81. The van der Waals surface area contributed by atoms with Crippen molar-refractivity contribution in [2.24, 2.45) is 22.9 Å². The van der Waals surface area contributed by atoms with Crippen LogP contribution in [0.5, 0.6) is 0 Å². The fourth-order valence-corrected chi connectivity index (χ4v) is 3.40. The summed E-state index contributed by atoms with van der Waals surface area (Å²) in [5.74, 6) is 0.335. The van der Waals surface area contributed by atoms with Crippen LogP contribution in [0.15, 0.2) is 5.11 Å². The number of rotatable bonds is 8. The molecule has 3 atom stereocenters. The van der Waals surface area contributed by atoms with E-state index in [-0.39, 0.29) is 17.7 Å². The number of amides is 1. The maximum atomic E-state index is 11.9. The molecule has 0 aromatic carbocycles. The van der Waals surface area contributed by atoms with Crippen LogP contribution in [-0.4, -0.2) is 30.2 Å². The lowest BCUT2D eigenvalue weighted by Crippen LogP contribution is -2.37. The molecule has 0 saturated heterocycles. The monoisotopic (exact) mass is 310 g/mol. The Balaban J connectivity index is 2.68. The normalized spacial score (nSPS) is 20.0. The largest absolute Gasteiger partial charge is 0.393 e. The van der Waals surface area contributed by atoms with E-state index in [1.165, 1.54) is 19.3 Å². The van der Waals surface area contributed by atoms with Crippen LogP contribution in [-0.2, 0) is 4.79 Å². The highest BCUT2D eigenvalue weighted by Gasteiger charge is 2.30. The number of azide groups is 1. The standard InChI is InChI=1S/C16H30N4O2/c1-11(2)13(16(22)18-3)10-15(21)14(19-20-17)9-12-7-5-4-6-8-12/h11-15,21H,4-10H2,1-3H3,(H,18,22)/t13-,14-,15-/m0/s1. The molecule has 0 aromatic heterocycles. The van der Waals surface area contributed by atoms with Gasteiger partial charge in [-0.3, -0.25) is 4.79 Å². The van der Waals surface area contributed by atoms with E-state index in [1.807, 2.05) is 13.8 Å². The molecular weight excluding hydrogens is 280 g/mol. The third-order valence-electron chi connectivity index (χ3n) is 4.83. The van der Waals surface area contributed by atoms with Gasteiger partial charge >= 0.3 is 0 Å². The quantitative estimate of drug-likeness (QED) is 0.408. The zero-order valence-corrected chi connectivity index (χ0v) is 14.0. The van der Waals surface area contributed by atoms with Crippen molar-refractivity contribution >= 4 is 5.91 Å². The average molecular weight is 310 g/mol. The summed E-state index contributed by atoms with van der Waals surface area (Å²) in [4.78, 5) is 14.8. The van der Waals surface area contributed by atoms with Crippen LogP contribution < -0.4 is 5.32 Å². The minimum absolute atomic E-state index is 0.0635. The number of aliphatic hydroxyl groups excluding tert-OH is 1. The molecular formula is C16H30N4O2. The molecule has 0 unspecified atom stereocenters. The molecule has 0 radical (unpaired) electrons. The highest BCUT2D eigenvalue weighted by Crippen LogP contribution is 2.30. The van der Waals surface area contributed by atoms with Crippen molar-refractivity contribution in [3.8, 4) is 0 Å². The Morgan fingerprint density at radius 2 is 2.00 bits per heavy atom. The SMILES string of the molecule is CNC(=O)[C@@H](C[C@H](O)[C@H](CC1CCCCC1)N=[N+]=[N-])C(C)C. The smallest absolute Gasteiger partial charge is 0.223 e. The van der Waals surface area contributed by atoms with Gasteiger partial charge < -0.3 is 10.4 Å². The summed E-state index contributed by atoms with van der Waals surface area (Å²) in [6, 6.07) is -0.431. The molecule has 6 heteroatoms. The van der Waals surface area contributed by atoms with Gasteiger partial charge in [-0.25, -0.2) is 0 Å². The Labute approximate surface area is 133 Å². The van der Waals surface area contributed by atoms with Crippen molar-refractivity contribution in [3.05, 3.63) is 10.4 Å². The summed E-state index contributed by atoms with van der Waals surface area (Å²) in [7, 11) is 1.61. The summed E-state index contributed by atoms with van der Waals surface area (Å²) in [6.07, 6.45) is 6.31. The molecule has 0 spiro atoms. The second kappa shape index (κ2) is 9.70. The Hall–Kier alpha value is -1.26. The van der Waals surface area contributed by atoms with Crippen molar-refractivity contribution in [1.82, 2.24) is 5.32 Å². The first-order valence-electron chi connectivity index (χ1n) is 8.43. The van der Waals surface area contributed by atoms with E-state index in [9.17, 15) is 9.90 Å². The van der Waals surface area contributed by atoms with Crippen LogP contribution in [0.25, 0.3) is 10.4 Å². The Bertz CT molecular complexity index is 388. The third-order valence-corrected chi connectivity index (χ3v) is 4.83. The molecule has 1 fully saturated rings. The van der Waals surface area contributed by atoms with E-state index >= 15 is 0 Å². The number of nitrogens with zero attached hydrogens (tertiary/aromatic N) is 3. The molecule has 1 aliphatic carbocycles. The molecule has 6 nitrogen and oxygen atoms in total. The van der Waals surface area contributed by atoms with E-state index in [0.29, 0.717) is 12.3 Å². The first-order valence-corrected chi connectivity index (χ1v) is 8.43. The molecule has 1 saturated carbocycles. The van der Waals surface area contributed by atoms with E-state index in [4.69, 9.17) is 5.53 Å². The minimum atomic E-state index is -0.762. The van der Waals surface area contributed by atoms with E-state index in [1.54, 1.807) is 7.05 Å². The highest BCUT2D eigenvalue weighted by atomic mass is 16.3. The van der Waals surface area contributed by atoms with E-state index in [2.05, 4.69) is 15.3 Å². The zero-order chi connectivity index (χ0) is 16.5. The fourth-order valence-electron chi connectivity index (χ4n) is 3.40. The van der Waals surface area contributed by atoms with Gasteiger partial charge in [0.1, 0.15) is 0 Å². The third kappa shape index (κ3) is 5.85. The van der Waals surface area contributed by atoms with Gasteiger partial charge in [0, 0.05) is 17.9 Å². The van der Waals surface area contributed by atoms with Crippen molar-refractivity contribution in [1.29, 1.82) is 0 Å². The van der Waals surface area contributed by atoms with Gasteiger partial charge in [-0.2, -0.15) is 0 Å². The Kier molecular flexibility index (Phi) is 8.28. The summed E-state index contributed by atoms with van der Waals surface area (Å²) >= 11 is 0. The lowest BCUT2D eigenvalue weighted by molar-refractivity contribution is -0.127. The molecule has 22 heavy (non-hydrogen) atoms. The minimum Gasteiger partial charge on any atom is -0.393 e. The molecule has 2 N–H and O–H groups in total. The number of carbonyl (C=O) groups excluding carboxylic acids is 1. The summed E-state index contributed by atoms with van der Waals surface area (Å²) in [6.45, 7) is 3.94. The second-order valence-electron chi connectivity index (χ2n) is 6.78. The number of aliphatic hydroxyl groups is 1. The van der Waals surface area contributed by atoms with Crippen molar-refractivity contribution in [2.75, 3.05) is 7.05 Å². The number of hydrogen-bond acceptors (Lipinski definition) is 3. The predicted octanol–water partition coefficient (Wildman–Crippen LogP) is 3.40. The van der Waals surface area contributed by atoms with Gasteiger partial charge in [0.05, 0.1) is 12.1 Å². The van der Waals surface area contributed by atoms with E-state index < -0.39 is 12.1 Å². The van der Waals surface area contributed by atoms with Gasteiger partial charge in [0.2, 0.25) is 5.91 Å². The summed E-state index contributed by atoms with van der Waals surface area (Å²) in [5.41, 5.74) is 8.78. The fraction of sp³-hybridized carbons (Fsp3) is 0.938. The molecule has 1 amide bonds. The summed E-state index contributed by atoms with van der Waals surface area (Å²) < 4.78 is 0. The van der Waals surface area contributed by atoms with Gasteiger partial charge in [0.25, 0.3) is 0 Å². The molecule has 0 aromatic rings.